The van der Waals surface area contributed by atoms with Gasteiger partial charge in [0.25, 0.3) is 0 Å². The van der Waals surface area contributed by atoms with Gasteiger partial charge in [-0.1, -0.05) is 6.07 Å². The van der Waals surface area contributed by atoms with Crippen molar-refractivity contribution >= 4 is 35.6 Å². The van der Waals surface area contributed by atoms with Gasteiger partial charge in [0.15, 0.2) is 17.5 Å². The molecule has 0 amide bonds. The van der Waals surface area contributed by atoms with E-state index in [2.05, 4.69) is 15.4 Å². The SMILES string of the molecule is COc1ccc(CCN=C(N)NCCn2cc([N+](=O)[O-])cn2)cc1OC.I. The van der Waals surface area contributed by atoms with Gasteiger partial charge in [-0.3, -0.25) is 19.8 Å². The zero-order valence-corrected chi connectivity index (χ0v) is 17.5. The van der Waals surface area contributed by atoms with Crippen LogP contribution in [0.1, 0.15) is 5.56 Å². The fourth-order valence-corrected chi connectivity index (χ4v) is 2.27. The number of benzene rings is 1. The van der Waals surface area contributed by atoms with E-state index in [0.717, 1.165) is 5.56 Å². The number of nitrogens with zero attached hydrogens (tertiary/aromatic N) is 4. The molecule has 1 aromatic heterocycles. The summed E-state index contributed by atoms with van der Waals surface area (Å²) in [4.78, 5) is 14.4. The first-order chi connectivity index (χ1) is 12.5. The van der Waals surface area contributed by atoms with Gasteiger partial charge < -0.3 is 20.5 Å². The van der Waals surface area contributed by atoms with E-state index in [1.165, 1.54) is 17.1 Å². The lowest BCUT2D eigenvalue weighted by atomic mass is 10.1. The summed E-state index contributed by atoms with van der Waals surface area (Å²) in [5.41, 5.74) is 6.83. The number of halogens is 1. The third-order valence-electron chi connectivity index (χ3n) is 3.61. The van der Waals surface area contributed by atoms with E-state index in [9.17, 15) is 10.1 Å². The lowest BCUT2D eigenvalue weighted by Crippen LogP contribution is -2.34. The first-order valence-corrected chi connectivity index (χ1v) is 7.95. The Morgan fingerprint density at radius 2 is 2.11 bits per heavy atom. The first kappa shape index (κ1) is 22.5. The molecule has 0 aliphatic carbocycles. The maximum Gasteiger partial charge on any atom is 0.306 e. The van der Waals surface area contributed by atoms with Crippen molar-refractivity contribution in [3.63, 3.8) is 0 Å². The van der Waals surface area contributed by atoms with Crippen LogP contribution in [0, 0.1) is 10.1 Å². The average Bonchev–Trinajstić information content (AvgIpc) is 3.11. The number of aliphatic imine (C=N–C) groups is 1. The lowest BCUT2D eigenvalue weighted by Gasteiger charge is -2.09. The monoisotopic (exact) mass is 490 g/mol. The Kier molecular flexibility index (Phi) is 9.33. The Balaban J connectivity index is 0.00000364. The maximum absolute atomic E-state index is 10.6. The Morgan fingerprint density at radius 3 is 2.74 bits per heavy atom. The predicted molar refractivity (Wildman–Crippen MR) is 112 cm³/mol. The number of aromatic nitrogens is 2. The third-order valence-corrected chi connectivity index (χ3v) is 3.61. The van der Waals surface area contributed by atoms with Crippen LogP contribution in [0.4, 0.5) is 5.69 Å². The molecule has 148 valence electrons. The molecule has 3 N–H and O–H groups in total. The van der Waals surface area contributed by atoms with E-state index in [-0.39, 0.29) is 29.7 Å². The molecule has 0 aliphatic heterocycles. The number of rotatable bonds is 9. The van der Waals surface area contributed by atoms with Crippen LogP contribution in [0.5, 0.6) is 11.5 Å². The van der Waals surface area contributed by atoms with Crippen LogP contribution in [0.2, 0.25) is 0 Å². The van der Waals surface area contributed by atoms with Gasteiger partial charge >= 0.3 is 5.69 Å². The molecule has 11 heteroatoms. The molecule has 2 aromatic rings. The molecule has 1 heterocycles. The zero-order chi connectivity index (χ0) is 18.9. The summed E-state index contributed by atoms with van der Waals surface area (Å²) in [6.45, 7) is 1.42. The van der Waals surface area contributed by atoms with E-state index < -0.39 is 4.92 Å². The number of nitrogens with two attached hydrogens (primary N) is 1. The van der Waals surface area contributed by atoms with Crippen LogP contribution in [0.25, 0.3) is 0 Å². The minimum atomic E-state index is -0.485. The van der Waals surface area contributed by atoms with Crippen LogP contribution >= 0.6 is 24.0 Å². The van der Waals surface area contributed by atoms with E-state index in [1.54, 1.807) is 14.2 Å². The summed E-state index contributed by atoms with van der Waals surface area (Å²) in [7, 11) is 3.19. The summed E-state index contributed by atoms with van der Waals surface area (Å²) >= 11 is 0. The highest BCUT2D eigenvalue weighted by atomic mass is 127. The number of methoxy groups -OCH3 is 2. The van der Waals surface area contributed by atoms with Gasteiger partial charge in [0.05, 0.1) is 25.7 Å². The summed E-state index contributed by atoms with van der Waals surface area (Å²) in [6.07, 6.45) is 3.28. The van der Waals surface area contributed by atoms with Gasteiger partial charge in [0.1, 0.15) is 12.4 Å². The van der Waals surface area contributed by atoms with Crippen molar-refractivity contribution in [3.8, 4) is 11.5 Å². The molecule has 0 saturated heterocycles. The molecular weight excluding hydrogens is 467 g/mol. The molecule has 2 rings (SSSR count). The van der Waals surface area contributed by atoms with Crippen LogP contribution in [0.15, 0.2) is 35.6 Å². The van der Waals surface area contributed by atoms with Crippen molar-refractivity contribution in [2.24, 2.45) is 10.7 Å². The highest BCUT2D eigenvalue weighted by molar-refractivity contribution is 14.0. The number of nitro groups is 1. The van der Waals surface area contributed by atoms with Crippen molar-refractivity contribution in [2.45, 2.75) is 13.0 Å². The van der Waals surface area contributed by atoms with Crippen molar-refractivity contribution in [3.05, 3.63) is 46.3 Å². The molecule has 0 saturated carbocycles. The molecule has 0 bridgehead atoms. The standard InChI is InChI=1S/C16H22N6O4.HI/c1-25-14-4-3-12(9-15(14)26-2)5-6-18-16(17)19-7-8-21-11-13(10-20-21)22(23)24;/h3-4,9-11H,5-8H2,1-2H3,(H3,17,18,19);1H. The molecule has 0 atom stereocenters. The third kappa shape index (κ3) is 6.92. The Morgan fingerprint density at radius 1 is 1.37 bits per heavy atom. The van der Waals surface area contributed by atoms with Gasteiger partial charge in [-0.15, -0.1) is 24.0 Å². The highest BCUT2D eigenvalue weighted by Crippen LogP contribution is 2.27. The van der Waals surface area contributed by atoms with Gasteiger partial charge in [-0.2, -0.15) is 5.10 Å². The Labute approximate surface area is 173 Å². The van der Waals surface area contributed by atoms with Crippen molar-refractivity contribution < 1.29 is 14.4 Å². The summed E-state index contributed by atoms with van der Waals surface area (Å²) in [5, 5.41) is 17.4. The normalized spacial score (nSPS) is 10.8. The van der Waals surface area contributed by atoms with Crippen LogP contribution < -0.4 is 20.5 Å². The number of hydrogen-bond donors (Lipinski definition) is 2. The van der Waals surface area contributed by atoms with Crippen molar-refractivity contribution in [1.82, 2.24) is 15.1 Å². The molecular formula is C16H23IN6O4. The van der Waals surface area contributed by atoms with E-state index in [4.69, 9.17) is 15.2 Å². The maximum atomic E-state index is 10.6. The van der Waals surface area contributed by atoms with Crippen LogP contribution in [-0.4, -0.2) is 48.0 Å². The number of nitrogens with one attached hydrogen (secondary N) is 1. The molecule has 0 spiro atoms. The van der Waals surface area contributed by atoms with Crippen LogP contribution in [-0.2, 0) is 13.0 Å². The van der Waals surface area contributed by atoms with Crippen molar-refractivity contribution in [2.75, 3.05) is 27.3 Å². The Hall–Kier alpha value is -2.57. The van der Waals surface area contributed by atoms with Gasteiger partial charge in [0.2, 0.25) is 0 Å². The highest BCUT2D eigenvalue weighted by Gasteiger charge is 2.08. The van der Waals surface area contributed by atoms with E-state index in [0.29, 0.717) is 43.5 Å². The topological polar surface area (TPSA) is 130 Å². The number of hydrogen-bond acceptors (Lipinski definition) is 6. The summed E-state index contributed by atoms with van der Waals surface area (Å²) in [6, 6.07) is 5.70. The van der Waals surface area contributed by atoms with Gasteiger partial charge in [-0.25, -0.2) is 0 Å². The second-order valence-electron chi connectivity index (χ2n) is 5.35. The molecule has 0 radical (unpaired) electrons. The minimum absolute atomic E-state index is 0. The average molecular weight is 490 g/mol. The zero-order valence-electron chi connectivity index (χ0n) is 15.1. The second-order valence-corrected chi connectivity index (χ2v) is 5.35. The van der Waals surface area contributed by atoms with Crippen LogP contribution in [0.3, 0.4) is 0 Å². The van der Waals surface area contributed by atoms with E-state index in [1.807, 2.05) is 18.2 Å². The smallest absolute Gasteiger partial charge is 0.306 e. The quantitative estimate of drug-likeness (QED) is 0.180. The first-order valence-electron chi connectivity index (χ1n) is 7.95. The van der Waals surface area contributed by atoms with Gasteiger partial charge in [0, 0.05) is 13.1 Å². The molecule has 0 fully saturated rings. The van der Waals surface area contributed by atoms with Gasteiger partial charge in [-0.05, 0) is 24.1 Å². The molecule has 10 nitrogen and oxygen atoms in total. The molecule has 0 unspecified atom stereocenters. The molecule has 1 aromatic carbocycles. The number of guanidine groups is 1. The lowest BCUT2D eigenvalue weighted by molar-refractivity contribution is -0.385. The summed E-state index contributed by atoms with van der Waals surface area (Å²) < 4.78 is 11.9. The predicted octanol–water partition coefficient (Wildman–Crippen LogP) is 1.57. The molecule has 0 aliphatic rings. The molecule has 27 heavy (non-hydrogen) atoms. The summed E-state index contributed by atoms with van der Waals surface area (Å²) in [5.74, 6) is 1.67. The Bertz CT molecular complexity index is 780. The fraction of sp³-hybridized carbons (Fsp3) is 0.375. The van der Waals surface area contributed by atoms with E-state index >= 15 is 0 Å². The number of ether oxygens (including phenoxy) is 2. The largest absolute Gasteiger partial charge is 0.493 e. The second kappa shape index (κ2) is 11.2. The minimum Gasteiger partial charge on any atom is -0.493 e. The van der Waals surface area contributed by atoms with Crippen molar-refractivity contribution in [1.29, 1.82) is 0 Å². The fourth-order valence-electron chi connectivity index (χ4n) is 2.27.